The highest BCUT2D eigenvalue weighted by atomic mass is 32.2. The van der Waals surface area contributed by atoms with Crippen LogP contribution >= 0.6 is 0 Å². The first-order valence-corrected chi connectivity index (χ1v) is 7.89. The van der Waals surface area contributed by atoms with E-state index in [0.717, 1.165) is 0 Å². The Labute approximate surface area is 119 Å². The third-order valence-corrected chi connectivity index (χ3v) is 4.86. The predicted octanol–water partition coefficient (Wildman–Crippen LogP) is 0.628. The van der Waals surface area contributed by atoms with E-state index in [1.165, 1.54) is 6.07 Å². The number of hydrazine groups is 1. The van der Waals surface area contributed by atoms with E-state index < -0.39 is 21.8 Å². The molecular weight excluding hydrogens is 311 g/mol. The summed E-state index contributed by atoms with van der Waals surface area (Å²) in [6.45, 7) is 0.220. The highest BCUT2D eigenvalue weighted by Crippen LogP contribution is 2.28. The normalized spacial score (nSPS) is 21.2. The Morgan fingerprint density at radius 3 is 2.52 bits per heavy atom. The molecule has 0 spiro atoms. The van der Waals surface area contributed by atoms with E-state index in [1.54, 1.807) is 0 Å². The average molecular weight is 325 g/mol. The van der Waals surface area contributed by atoms with Gasteiger partial charge in [-0.3, -0.25) is 0 Å². The zero-order valence-corrected chi connectivity index (χ0v) is 11.6. The van der Waals surface area contributed by atoms with Crippen LogP contribution in [0.25, 0.3) is 0 Å². The number of hydrogen-bond donors (Lipinski definition) is 3. The lowest BCUT2D eigenvalue weighted by atomic mass is 10.1. The molecule has 1 atom stereocenters. The van der Waals surface area contributed by atoms with E-state index in [0.29, 0.717) is 6.42 Å². The van der Waals surface area contributed by atoms with Gasteiger partial charge in [-0.05, 0) is 12.3 Å². The van der Waals surface area contributed by atoms with Crippen molar-refractivity contribution in [2.45, 2.75) is 12.6 Å². The van der Waals surface area contributed by atoms with Crippen molar-refractivity contribution in [3.05, 3.63) is 11.9 Å². The van der Waals surface area contributed by atoms with Crippen molar-refractivity contribution in [3.8, 4) is 0 Å². The molecule has 4 N–H and O–H groups in total. The molecule has 1 aromatic heterocycles. The number of nitrogens with one attached hydrogen (secondary N) is 2. The SMILES string of the molecule is NNc1cc(NCC2CCS(=O)(=O)C2)nc(C(F)(F)F)n1. The summed E-state index contributed by atoms with van der Waals surface area (Å²) in [5.41, 5.74) is 2.03. The smallest absolute Gasteiger partial charge is 0.370 e. The Morgan fingerprint density at radius 2 is 2.00 bits per heavy atom. The van der Waals surface area contributed by atoms with Gasteiger partial charge in [-0.2, -0.15) is 13.2 Å². The third-order valence-electron chi connectivity index (χ3n) is 3.03. The molecule has 1 aliphatic heterocycles. The Balaban J connectivity index is 2.09. The maximum atomic E-state index is 12.6. The largest absolute Gasteiger partial charge is 0.451 e. The first-order valence-electron chi connectivity index (χ1n) is 6.07. The fourth-order valence-corrected chi connectivity index (χ4v) is 3.88. The highest BCUT2D eigenvalue weighted by Gasteiger charge is 2.35. The lowest BCUT2D eigenvalue weighted by Gasteiger charge is -2.13. The molecule has 2 heterocycles. The monoisotopic (exact) mass is 325 g/mol. The van der Waals surface area contributed by atoms with E-state index in [1.807, 2.05) is 5.43 Å². The van der Waals surface area contributed by atoms with Crippen molar-refractivity contribution in [1.29, 1.82) is 0 Å². The lowest BCUT2D eigenvalue weighted by Crippen LogP contribution is -2.20. The van der Waals surface area contributed by atoms with Gasteiger partial charge in [0.25, 0.3) is 0 Å². The molecule has 7 nitrogen and oxygen atoms in total. The van der Waals surface area contributed by atoms with Crippen LogP contribution in [0.2, 0.25) is 0 Å². The standard InChI is InChI=1S/C10H14F3N5O2S/c11-10(12,13)9-16-7(3-8(17-9)18-14)15-4-6-1-2-21(19,20)5-6/h3,6H,1-2,4-5,14H2,(H2,15,16,17,18). The summed E-state index contributed by atoms with van der Waals surface area (Å²) < 4.78 is 60.5. The van der Waals surface area contributed by atoms with Crippen LogP contribution in [0, 0.1) is 5.92 Å². The van der Waals surface area contributed by atoms with Crippen LogP contribution in [0.5, 0.6) is 0 Å². The van der Waals surface area contributed by atoms with Crippen LogP contribution in [-0.4, -0.2) is 36.4 Å². The van der Waals surface area contributed by atoms with E-state index in [4.69, 9.17) is 5.84 Å². The zero-order valence-electron chi connectivity index (χ0n) is 10.8. The van der Waals surface area contributed by atoms with E-state index in [2.05, 4.69) is 15.3 Å². The third kappa shape index (κ3) is 4.17. The topological polar surface area (TPSA) is 110 Å². The van der Waals surface area contributed by atoms with Gasteiger partial charge in [0.2, 0.25) is 5.82 Å². The second-order valence-electron chi connectivity index (χ2n) is 4.75. The second kappa shape index (κ2) is 5.64. The summed E-state index contributed by atoms with van der Waals surface area (Å²) in [6.07, 6.45) is -4.21. The van der Waals surface area contributed by atoms with Gasteiger partial charge in [-0.1, -0.05) is 0 Å². The molecule has 1 aromatic rings. The van der Waals surface area contributed by atoms with Crippen molar-refractivity contribution in [2.24, 2.45) is 11.8 Å². The van der Waals surface area contributed by atoms with E-state index in [-0.39, 0.29) is 35.6 Å². The van der Waals surface area contributed by atoms with Crippen molar-refractivity contribution >= 4 is 21.5 Å². The Bertz CT molecular complexity index is 620. The Hall–Kier alpha value is -1.62. The molecular formula is C10H14F3N5O2S. The number of rotatable bonds is 4. The average Bonchev–Trinajstić information content (AvgIpc) is 2.74. The summed E-state index contributed by atoms with van der Waals surface area (Å²) in [4.78, 5) is 6.58. The van der Waals surface area contributed by atoms with Gasteiger partial charge >= 0.3 is 6.18 Å². The van der Waals surface area contributed by atoms with Gasteiger partial charge in [-0.15, -0.1) is 0 Å². The number of halogens is 3. The lowest BCUT2D eigenvalue weighted by molar-refractivity contribution is -0.144. The zero-order chi connectivity index (χ0) is 15.7. The minimum Gasteiger partial charge on any atom is -0.370 e. The van der Waals surface area contributed by atoms with Crippen molar-refractivity contribution < 1.29 is 21.6 Å². The van der Waals surface area contributed by atoms with Gasteiger partial charge < -0.3 is 10.7 Å². The first kappa shape index (κ1) is 15.8. The number of sulfone groups is 1. The Morgan fingerprint density at radius 1 is 1.33 bits per heavy atom. The molecule has 1 aliphatic rings. The van der Waals surface area contributed by atoms with Crippen LogP contribution in [-0.2, 0) is 16.0 Å². The molecule has 0 aromatic carbocycles. The molecule has 0 amide bonds. The molecule has 0 aliphatic carbocycles. The van der Waals surface area contributed by atoms with E-state index >= 15 is 0 Å². The number of nitrogens with zero attached hydrogens (tertiary/aromatic N) is 2. The molecule has 118 valence electrons. The van der Waals surface area contributed by atoms with Crippen molar-refractivity contribution in [3.63, 3.8) is 0 Å². The van der Waals surface area contributed by atoms with E-state index in [9.17, 15) is 21.6 Å². The van der Waals surface area contributed by atoms with Gasteiger partial charge in [0.15, 0.2) is 9.84 Å². The summed E-state index contributed by atoms with van der Waals surface area (Å²) >= 11 is 0. The number of nitrogen functional groups attached to an aromatic ring is 1. The molecule has 1 saturated heterocycles. The predicted molar refractivity (Wildman–Crippen MR) is 70.1 cm³/mol. The molecule has 0 bridgehead atoms. The molecule has 2 rings (SSSR count). The quantitative estimate of drug-likeness (QED) is 0.550. The molecule has 0 radical (unpaired) electrons. The number of alkyl halides is 3. The maximum absolute atomic E-state index is 12.6. The molecule has 1 unspecified atom stereocenters. The minimum atomic E-state index is -4.69. The van der Waals surface area contributed by atoms with Gasteiger partial charge in [0.1, 0.15) is 11.6 Å². The summed E-state index contributed by atoms with van der Waals surface area (Å²) in [7, 11) is -3.03. The van der Waals surface area contributed by atoms with Crippen LogP contribution in [0.15, 0.2) is 6.07 Å². The van der Waals surface area contributed by atoms with Crippen LogP contribution < -0.4 is 16.6 Å². The Kier molecular flexibility index (Phi) is 4.23. The molecule has 11 heteroatoms. The van der Waals surface area contributed by atoms with Crippen LogP contribution in [0.1, 0.15) is 12.2 Å². The summed E-state index contributed by atoms with van der Waals surface area (Å²) in [5.74, 6) is 3.49. The van der Waals surface area contributed by atoms with Gasteiger partial charge in [0.05, 0.1) is 11.5 Å². The summed E-state index contributed by atoms with van der Waals surface area (Å²) in [5, 5.41) is 2.70. The highest BCUT2D eigenvalue weighted by molar-refractivity contribution is 7.91. The van der Waals surface area contributed by atoms with Crippen molar-refractivity contribution in [1.82, 2.24) is 9.97 Å². The van der Waals surface area contributed by atoms with Crippen molar-refractivity contribution in [2.75, 3.05) is 28.8 Å². The van der Waals surface area contributed by atoms with Gasteiger partial charge in [-0.25, -0.2) is 24.2 Å². The number of aromatic nitrogens is 2. The fraction of sp³-hybridized carbons (Fsp3) is 0.600. The first-order chi connectivity index (χ1) is 9.69. The van der Waals surface area contributed by atoms with Crippen LogP contribution in [0.4, 0.5) is 24.8 Å². The molecule has 1 fully saturated rings. The maximum Gasteiger partial charge on any atom is 0.451 e. The number of nitrogens with two attached hydrogens (primary N) is 1. The summed E-state index contributed by atoms with van der Waals surface area (Å²) in [6, 6.07) is 1.22. The molecule has 21 heavy (non-hydrogen) atoms. The van der Waals surface area contributed by atoms with Crippen LogP contribution in [0.3, 0.4) is 0 Å². The molecule has 0 saturated carbocycles. The second-order valence-corrected chi connectivity index (χ2v) is 6.98. The minimum absolute atomic E-state index is 0.0270. The fourth-order valence-electron chi connectivity index (χ4n) is 2.02. The number of anilines is 2. The number of hydrogen-bond acceptors (Lipinski definition) is 7. The van der Waals surface area contributed by atoms with Gasteiger partial charge in [0, 0.05) is 12.6 Å².